The number of allylic oxidation sites excluding steroid dienone is 2. The van der Waals surface area contributed by atoms with Gasteiger partial charge in [-0.05, 0) is 25.7 Å². The molecule has 160 valence electrons. The van der Waals surface area contributed by atoms with Crippen LogP contribution in [0.3, 0.4) is 0 Å². The van der Waals surface area contributed by atoms with Crippen molar-refractivity contribution in [1.82, 2.24) is 0 Å². The molecule has 7 heteroatoms. The molecule has 0 saturated heterocycles. The summed E-state index contributed by atoms with van der Waals surface area (Å²) >= 11 is 0. The highest BCUT2D eigenvalue weighted by Gasteiger charge is 2.63. The van der Waals surface area contributed by atoms with Crippen molar-refractivity contribution in [3.63, 3.8) is 0 Å². The van der Waals surface area contributed by atoms with E-state index in [-0.39, 0.29) is 6.61 Å². The molecule has 0 aromatic carbocycles. The Balaban J connectivity index is 3.53. The Labute approximate surface area is 159 Å². The maximum absolute atomic E-state index is 13.0. The van der Waals surface area contributed by atoms with Crippen LogP contribution < -0.4 is 0 Å². The second kappa shape index (κ2) is 14.9. The predicted molar refractivity (Wildman–Crippen MR) is 97.0 cm³/mol. The van der Waals surface area contributed by atoms with Crippen molar-refractivity contribution in [2.45, 2.75) is 95.8 Å². The molecule has 0 aromatic heterocycles. The van der Waals surface area contributed by atoms with E-state index < -0.39 is 24.5 Å². The minimum absolute atomic E-state index is 0.325. The summed E-state index contributed by atoms with van der Waals surface area (Å²) in [5.41, 5.74) is 0. The van der Waals surface area contributed by atoms with E-state index in [0.29, 0.717) is 12.8 Å². The van der Waals surface area contributed by atoms with Crippen LogP contribution in [-0.4, -0.2) is 31.1 Å². The van der Waals surface area contributed by atoms with Crippen LogP contribution in [0.4, 0.5) is 22.0 Å². The molecule has 27 heavy (non-hydrogen) atoms. The summed E-state index contributed by atoms with van der Waals surface area (Å²) in [5.74, 6) is -12.5. The monoisotopic (exact) mass is 400 g/mol. The Morgan fingerprint density at radius 1 is 0.815 bits per heavy atom. The van der Waals surface area contributed by atoms with Crippen molar-refractivity contribution in [2.24, 2.45) is 0 Å². The van der Waals surface area contributed by atoms with Gasteiger partial charge >= 0.3 is 17.8 Å². The fraction of sp³-hybridized carbons (Fsp3) is 0.850. The van der Waals surface area contributed by atoms with Gasteiger partial charge in [0.25, 0.3) is 0 Å². The number of alkyl halides is 5. The SMILES string of the molecule is CCCCC=CCCCCCCCCCCOC(=O)C(F)(F)C(F)(F)CF. The van der Waals surface area contributed by atoms with Crippen molar-refractivity contribution in [1.29, 1.82) is 0 Å². The zero-order valence-electron chi connectivity index (χ0n) is 16.3. The number of hydrogen-bond acceptors (Lipinski definition) is 2. The Morgan fingerprint density at radius 3 is 1.81 bits per heavy atom. The molecule has 0 N–H and O–H groups in total. The summed E-state index contributed by atoms with van der Waals surface area (Å²) in [7, 11) is 0. The first kappa shape index (κ1) is 25.9. The van der Waals surface area contributed by atoms with Crippen molar-refractivity contribution >= 4 is 5.97 Å². The van der Waals surface area contributed by atoms with Crippen LogP contribution >= 0.6 is 0 Å². The molecule has 2 nitrogen and oxygen atoms in total. The van der Waals surface area contributed by atoms with E-state index in [4.69, 9.17) is 0 Å². The van der Waals surface area contributed by atoms with E-state index in [1.165, 1.54) is 25.7 Å². The van der Waals surface area contributed by atoms with Gasteiger partial charge < -0.3 is 4.74 Å². The maximum atomic E-state index is 13.0. The van der Waals surface area contributed by atoms with Gasteiger partial charge in [0.1, 0.15) is 0 Å². The molecule has 0 unspecified atom stereocenters. The Hall–Kier alpha value is -1.14. The number of hydrogen-bond donors (Lipinski definition) is 0. The van der Waals surface area contributed by atoms with Crippen molar-refractivity contribution < 1.29 is 31.5 Å². The largest absolute Gasteiger partial charge is 0.461 e. The standard InChI is InChI=1S/C20H33F5O2/c1-2-3-4-5-6-7-8-9-10-11-12-13-14-15-16-27-18(26)20(24,25)19(22,23)17-21/h5-6H,2-4,7-17H2,1H3. The molecule has 0 aliphatic heterocycles. The van der Waals surface area contributed by atoms with Crippen molar-refractivity contribution in [3.8, 4) is 0 Å². The number of carbonyl (C=O) groups is 1. The van der Waals surface area contributed by atoms with Gasteiger partial charge in [-0.2, -0.15) is 17.6 Å². The van der Waals surface area contributed by atoms with Gasteiger partial charge in [-0.3, -0.25) is 0 Å². The quantitative estimate of drug-likeness (QED) is 0.113. The van der Waals surface area contributed by atoms with E-state index in [1.54, 1.807) is 0 Å². The average molecular weight is 400 g/mol. The summed E-state index contributed by atoms with van der Waals surface area (Å²) in [6, 6.07) is 0. The smallest absolute Gasteiger partial charge is 0.407 e. The summed E-state index contributed by atoms with van der Waals surface area (Å²) in [4.78, 5) is 11.0. The molecule has 0 spiro atoms. The van der Waals surface area contributed by atoms with Crippen LogP contribution in [0.1, 0.15) is 84.0 Å². The molecule has 0 aliphatic rings. The number of halogens is 5. The van der Waals surface area contributed by atoms with Crippen LogP contribution in [0.15, 0.2) is 12.2 Å². The topological polar surface area (TPSA) is 26.3 Å². The second-order valence-corrected chi connectivity index (χ2v) is 6.78. The summed E-state index contributed by atoms with van der Waals surface area (Å²) in [5, 5.41) is 0. The van der Waals surface area contributed by atoms with Gasteiger partial charge in [0.2, 0.25) is 0 Å². The van der Waals surface area contributed by atoms with Gasteiger partial charge in [0.15, 0.2) is 6.67 Å². The van der Waals surface area contributed by atoms with Gasteiger partial charge in [-0.1, -0.05) is 70.4 Å². The summed E-state index contributed by atoms with van der Waals surface area (Å²) < 4.78 is 67.4. The highest BCUT2D eigenvalue weighted by molar-refractivity contribution is 5.78. The van der Waals surface area contributed by atoms with Crippen LogP contribution in [0.2, 0.25) is 0 Å². The molecule has 0 amide bonds. The third-order valence-corrected chi connectivity index (χ3v) is 4.27. The lowest BCUT2D eigenvalue weighted by molar-refractivity contribution is -0.232. The third-order valence-electron chi connectivity index (χ3n) is 4.27. The van der Waals surface area contributed by atoms with Crippen LogP contribution in [0.25, 0.3) is 0 Å². The minimum Gasteiger partial charge on any atom is -0.461 e. The Morgan fingerprint density at radius 2 is 1.30 bits per heavy atom. The van der Waals surface area contributed by atoms with E-state index in [1.807, 2.05) is 0 Å². The van der Waals surface area contributed by atoms with Crippen molar-refractivity contribution in [3.05, 3.63) is 12.2 Å². The number of ether oxygens (including phenoxy) is 1. The van der Waals surface area contributed by atoms with E-state index in [9.17, 15) is 26.7 Å². The van der Waals surface area contributed by atoms with Gasteiger partial charge in [-0.25, -0.2) is 9.18 Å². The highest BCUT2D eigenvalue weighted by atomic mass is 19.3. The number of unbranched alkanes of at least 4 members (excludes halogenated alkanes) is 10. The van der Waals surface area contributed by atoms with Gasteiger partial charge in [-0.15, -0.1) is 0 Å². The lowest BCUT2D eigenvalue weighted by atomic mass is 10.1. The molecule has 0 saturated carbocycles. The lowest BCUT2D eigenvalue weighted by Gasteiger charge is -2.22. The summed E-state index contributed by atoms with van der Waals surface area (Å²) in [6.07, 6.45) is 16.6. The molecule has 0 rings (SSSR count). The average Bonchev–Trinajstić information content (AvgIpc) is 2.64. The predicted octanol–water partition coefficient (Wildman–Crippen LogP) is 7.03. The molecular formula is C20H33F5O2. The number of rotatable bonds is 17. The lowest BCUT2D eigenvalue weighted by Crippen LogP contribution is -2.49. The van der Waals surface area contributed by atoms with Gasteiger partial charge in [0, 0.05) is 0 Å². The fourth-order valence-corrected chi connectivity index (χ4v) is 2.47. The van der Waals surface area contributed by atoms with Crippen LogP contribution in [-0.2, 0) is 9.53 Å². The fourth-order valence-electron chi connectivity index (χ4n) is 2.47. The van der Waals surface area contributed by atoms with E-state index in [0.717, 1.165) is 38.5 Å². The molecule has 0 fully saturated rings. The molecule has 0 heterocycles. The highest BCUT2D eigenvalue weighted by Crippen LogP contribution is 2.35. The Kier molecular flexibility index (Phi) is 14.2. The van der Waals surface area contributed by atoms with E-state index >= 15 is 0 Å². The molecule has 0 bridgehead atoms. The molecule has 0 aliphatic carbocycles. The normalized spacial score (nSPS) is 12.7. The van der Waals surface area contributed by atoms with Crippen LogP contribution in [0, 0.1) is 0 Å². The Bertz CT molecular complexity index is 411. The number of esters is 1. The van der Waals surface area contributed by atoms with Gasteiger partial charge in [0.05, 0.1) is 6.61 Å². The van der Waals surface area contributed by atoms with E-state index in [2.05, 4.69) is 23.8 Å². The second-order valence-electron chi connectivity index (χ2n) is 6.78. The molecule has 0 aromatic rings. The molecule has 0 radical (unpaired) electrons. The zero-order chi connectivity index (χ0) is 20.6. The van der Waals surface area contributed by atoms with Crippen LogP contribution in [0.5, 0.6) is 0 Å². The molecular weight excluding hydrogens is 367 g/mol. The minimum atomic E-state index is -5.13. The zero-order valence-corrected chi connectivity index (χ0v) is 16.3. The first-order valence-corrected chi connectivity index (χ1v) is 9.93. The first-order chi connectivity index (χ1) is 12.8. The van der Waals surface area contributed by atoms with Crippen molar-refractivity contribution in [2.75, 3.05) is 13.3 Å². The summed E-state index contributed by atoms with van der Waals surface area (Å²) in [6.45, 7) is -0.791. The molecule has 0 atom stereocenters. The maximum Gasteiger partial charge on any atom is 0.407 e. The first-order valence-electron chi connectivity index (χ1n) is 9.93. The number of carbonyl (C=O) groups excluding carboxylic acids is 1. The third kappa shape index (κ3) is 11.3.